The molecule has 0 bridgehead atoms. The maximum Gasteiger partial charge on any atom is 0.303 e. The zero-order valence-corrected chi connectivity index (χ0v) is 41.2. The number of hydrogen-bond donors (Lipinski definition) is 3. The van der Waals surface area contributed by atoms with Crippen LogP contribution in [0.5, 0.6) is 0 Å². The number of anilines is 1. The van der Waals surface area contributed by atoms with E-state index in [2.05, 4.69) is 0 Å². The van der Waals surface area contributed by atoms with Crippen LogP contribution in [-0.2, 0) is 74.4 Å². The van der Waals surface area contributed by atoms with Gasteiger partial charge < -0.3 is 43.0 Å². The number of rotatable bonds is 33. The van der Waals surface area contributed by atoms with Gasteiger partial charge in [0.15, 0.2) is 5.71 Å². The average Bonchev–Trinajstić information content (AvgIpc) is 3.63. The second-order valence-electron chi connectivity index (χ2n) is 16.5. The van der Waals surface area contributed by atoms with Gasteiger partial charge in [-0.1, -0.05) is 6.08 Å². The van der Waals surface area contributed by atoms with Gasteiger partial charge in [-0.25, -0.2) is 8.42 Å². The van der Waals surface area contributed by atoms with Gasteiger partial charge in [-0.2, -0.15) is 21.4 Å². The maximum atomic E-state index is 12.5. The van der Waals surface area contributed by atoms with Crippen molar-refractivity contribution >= 4 is 53.4 Å². The highest BCUT2D eigenvalue weighted by atomic mass is 32.2. The lowest BCUT2D eigenvalue weighted by Gasteiger charge is -2.30. The average molecular weight is 1000 g/mol. The van der Waals surface area contributed by atoms with Crippen molar-refractivity contribution in [3.8, 4) is 0 Å². The zero-order chi connectivity index (χ0) is 49.3. The molecule has 22 heteroatoms. The van der Waals surface area contributed by atoms with Crippen LogP contribution in [0, 0.1) is 0 Å². The van der Waals surface area contributed by atoms with Gasteiger partial charge in [0.05, 0.1) is 91.4 Å². The number of ether oxygens (including phenoxy) is 6. The highest BCUT2D eigenvalue weighted by molar-refractivity contribution is 7.86. The van der Waals surface area contributed by atoms with Crippen LogP contribution in [0.4, 0.5) is 11.4 Å². The standard InChI is InChI=1S/C45H66N2O17S3/c1-5-46-39-16-14-35(66(53,54)55)33-37(39)44(2,18-10-32-65(50,51)52)41(46)11-9-12-42-45(3,19-21-60-24-25-62-28-29-64-31-30-63-27-26-61-23-22-59-4)38-34-36(67(56,57)58)15-17-40(38)47(42)20-8-6-7-13-43(48)49/h9,11-12,14-17,33-34H,5-8,10,13,18-32H2,1-4H3,(H3-,48,49,50,51,52,53,54,55,56,57,58). The van der Waals surface area contributed by atoms with E-state index >= 15 is 0 Å². The third kappa shape index (κ3) is 16.2. The minimum Gasteiger partial charge on any atom is -0.748 e. The molecule has 2 aliphatic rings. The molecule has 2 aromatic carbocycles. The molecule has 0 aliphatic carbocycles. The van der Waals surface area contributed by atoms with Crippen molar-refractivity contribution in [1.29, 1.82) is 0 Å². The Kier molecular flexibility index (Phi) is 21.6. The van der Waals surface area contributed by atoms with Crippen LogP contribution in [0.1, 0.15) is 76.8 Å². The largest absolute Gasteiger partial charge is 0.748 e. The van der Waals surface area contributed by atoms with Gasteiger partial charge in [0, 0.05) is 73.4 Å². The second kappa shape index (κ2) is 25.8. The predicted octanol–water partition coefficient (Wildman–Crippen LogP) is 4.86. The van der Waals surface area contributed by atoms with Crippen molar-refractivity contribution in [3.63, 3.8) is 0 Å². The van der Waals surface area contributed by atoms with E-state index in [-0.39, 0.29) is 48.9 Å². The molecule has 3 N–H and O–H groups in total. The van der Waals surface area contributed by atoms with E-state index in [9.17, 15) is 48.8 Å². The number of hydrogen-bond acceptors (Lipinski definition) is 15. The SMILES string of the molecule is CCN1/C(=C/C=C/C2=[N+](CCCCCC(=O)O)c3ccc(S(=O)(=O)O)cc3C2(C)CCOCCOCCOCCOCCOCCOC)C(C)(CCCS(=O)(=O)[O-])c2cc(S(=O)(=O)O)ccc21. The summed E-state index contributed by atoms with van der Waals surface area (Å²) >= 11 is 0. The van der Waals surface area contributed by atoms with E-state index in [1.165, 1.54) is 24.3 Å². The van der Waals surface area contributed by atoms with Crippen LogP contribution in [0.15, 0.2) is 70.1 Å². The molecule has 0 saturated carbocycles. The molecule has 19 nitrogen and oxygen atoms in total. The first-order valence-corrected chi connectivity index (χ1v) is 26.7. The molecular formula is C45H66N2O17S3. The lowest BCUT2D eigenvalue weighted by molar-refractivity contribution is -0.438. The van der Waals surface area contributed by atoms with Crippen molar-refractivity contribution in [1.82, 2.24) is 0 Å². The van der Waals surface area contributed by atoms with E-state index in [0.717, 1.165) is 5.71 Å². The number of unbranched alkanes of at least 4 members (excludes halogenated alkanes) is 2. The molecule has 67 heavy (non-hydrogen) atoms. The molecule has 376 valence electrons. The quantitative estimate of drug-likeness (QED) is 0.0489. The van der Waals surface area contributed by atoms with Gasteiger partial charge in [-0.05, 0) is 94.8 Å². The molecule has 0 amide bonds. The Bertz CT molecular complexity index is 2400. The molecule has 2 atom stereocenters. The van der Waals surface area contributed by atoms with Gasteiger partial charge in [-0.3, -0.25) is 13.9 Å². The van der Waals surface area contributed by atoms with Crippen LogP contribution >= 0.6 is 0 Å². The number of fused-ring (bicyclic) bond motifs is 2. The molecule has 2 aliphatic heterocycles. The summed E-state index contributed by atoms with van der Waals surface area (Å²) in [5.41, 5.74) is 1.97. The Balaban J connectivity index is 1.60. The topological polar surface area (TPSA) is 265 Å². The maximum absolute atomic E-state index is 12.5. The minimum absolute atomic E-state index is 0.00712. The summed E-state index contributed by atoms with van der Waals surface area (Å²) in [5, 5.41) is 9.23. The van der Waals surface area contributed by atoms with Crippen molar-refractivity contribution in [2.24, 2.45) is 0 Å². The summed E-state index contributed by atoms with van der Waals surface area (Å²) in [7, 11) is -12.2. The summed E-state index contributed by atoms with van der Waals surface area (Å²) in [6.45, 7) is 10.7. The van der Waals surface area contributed by atoms with Crippen LogP contribution in [0.3, 0.4) is 0 Å². The van der Waals surface area contributed by atoms with Crippen LogP contribution in [0.2, 0.25) is 0 Å². The monoisotopic (exact) mass is 1000 g/mol. The molecule has 2 aromatic rings. The summed E-state index contributed by atoms with van der Waals surface area (Å²) in [4.78, 5) is 12.6. The molecule has 0 fully saturated rings. The third-order valence-corrected chi connectivity index (χ3v) is 14.3. The summed E-state index contributed by atoms with van der Waals surface area (Å²) in [5.74, 6) is -1.54. The van der Waals surface area contributed by atoms with Gasteiger partial charge in [0.25, 0.3) is 20.2 Å². The first kappa shape index (κ1) is 55.9. The fourth-order valence-corrected chi connectivity index (χ4v) is 9.96. The number of allylic oxidation sites excluding steroid dienone is 4. The number of likely N-dealkylation sites (N-methyl/N-ethyl adjacent to an activating group) is 1. The second-order valence-corrected chi connectivity index (χ2v) is 20.9. The highest BCUT2D eigenvalue weighted by Gasteiger charge is 2.48. The molecule has 0 spiro atoms. The predicted molar refractivity (Wildman–Crippen MR) is 248 cm³/mol. The summed E-state index contributed by atoms with van der Waals surface area (Å²) in [6.07, 6.45) is 7.62. The van der Waals surface area contributed by atoms with E-state index in [1.54, 1.807) is 25.3 Å². The van der Waals surface area contributed by atoms with Crippen molar-refractivity contribution in [3.05, 3.63) is 71.5 Å². The normalized spacial score (nSPS) is 19.3. The van der Waals surface area contributed by atoms with E-state index in [0.29, 0.717) is 120 Å². The number of benzene rings is 2. The zero-order valence-electron chi connectivity index (χ0n) is 38.7. The van der Waals surface area contributed by atoms with Gasteiger partial charge in [-0.15, -0.1) is 0 Å². The number of aliphatic carboxylic acids is 1. The van der Waals surface area contributed by atoms with Crippen molar-refractivity contribution < 1.29 is 81.8 Å². The van der Waals surface area contributed by atoms with Crippen molar-refractivity contribution in [2.45, 2.75) is 86.3 Å². The molecule has 0 radical (unpaired) electrons. The van der Waals surface area contributed by atoms with Crippen molar-refractivity contribution in [2.75, 3.05) is 104 Å². The third-order valence-electron chi connectivity index (χ3n) is 11.8. The number of carbonyl (C=O) groups is 1. The van der Waals surface area contributed by atoms with Gasteiger partial charge in [0.1, 0.15) is 6.54 Å². The van der Waals surface area contributed by atoms with E-state index in [4.69, 9.17) is 28.4 Å². The molecule has 2 unspecified atom stereocenters. The smallest absolute Gasteiger partial charge is 0.303 e. The van der Waals surface area contributed by atoms with Crippen LogP contribution < -0.4 is 4.90 Å². The first-order valence-electron chi connectivity index (χ1n) is 22.3. The molecule has 4 rings (SSSR count). The van der Waals surface area contributed by atoms with Gasteiger partial charge in [0.2, 0.25) is 5.69 Å². The van der Waals surface area contributed by atoms with E-state index in [1.807, 2.05) is 42.4 Å². The Labute approximate surface area is 395 Å². The number of nitrogens with zero attached hydrogens (tertiary/aromatic N) is 2. The highest BCUT2D eigenvalue weighted by Crippen LogP contribution is 2.51. The van der Waals surface area contributed by atoms with Crippen LogP contribution in [-0.4, -0.2) is 159 Å². The molecule has 2 heterocycles. The van der Waals surface area contributed by atoms with Gasteiger partial charge >= 0.3 is 5.97 Å². The fraction of sp³-hybridized carbons (Fsp3) is 0.600. The summed E-state index contributed by atoms with van der Waals surface area (Å²) < 4.78 is 140. The lowest BCUT2D eigenvalue weighted by atomic mass is 9.76. The number of methoxy groups -OCH3 is 1. The van der Waals surface area contributed by atoms with E-state index < -0.39 is 52.9 Å². The number of carboxylic acids is 1. The first-order chi connectivity index (χ1) is 31.7. The molecule has 0 saturated heterocycles. The molecular weight excluding hydrogens is 937 g/mol. The van der Waals surface area contributed by atoms with Crippen LogP contribution in [0.25, 0.3) is 0 Å². The Morgan fingerprint density at radius 1 is 0.716 bits per heavy atom. The Morgan fingerprint density at radius 2 is 1.25 bits per heavy atom. The fourth-order valence-electron chi connectivity index (χ4n) is 8.45. The Hall–Kier alpha value is -3.65. The Morgan fingerprint density at radius 3 is 1.78 bits per heavy atom. The molecule has 0 aromatic heterocycles. The summed E-state index contributed by atoms with van der Waals surface area (Å²) in [6, 6.07) is 8.64. The minimum atomic E-state index is -4.61. The lowest BCUT2D eigenvalue weighted by Crippen LogP contribution is -2.33. The number of carboxylic acid groups (broad SMARTS) is 1.